The number of carboxylic acid groups (broad SMARTS) is 1. The van der Waals surface area contributed by atoms with Gasteiger partial charge >= 0.3 is 5.97 Å². The summed E-state index contributed by atoms with van der Waals surface area (Å²) in [6.45, 7) is 2.27. The molecule has 0 aliphatic heterocycles. The highest BCUT2D eigenvalue weighted by molar-refractivity contribution is 7.09. The number of aromatic nitrogens is 1. The highest BCUT2D eigenvalue weighted by Gasteiger charge is 2.58. The summed E-state index contributed by atoms with van der Waals surface area (Å²) in [5.41, 5.74) is -0.343. The van der Waals surface area contributed by atoms with Gasteiger partial charge in [-0.3, -0.25) is 9.59 Å². The molecule has 1 aliphatic rings. The summed E-state index contributed by atoms with van der Waals surface area (Å²) in [4.78, 5) is 28.7. The Balaban J connectivity index is 2.03. The van der Waals surface area contributed by atoms with E-state index in [-0.39, 0.29) is 5.91 Å². The van der Waals surface area contributed by atoms with Gasteiger partial charge in [0.05, 0.1) is 17.2 Å². The molecule has 1 N–H and O–H groups in total. The average Bonchev–Trinajstić information content (AvgIpc) is 2.98. The summed E-state index contributed by atoms with van der Waals surface area (Å²) in [7, 11) is 1.63. The van der Waals surface area contributed by atoms with E-state index in [1.807, 2.05) is 12.3 Å². The van der Waals surface area contributed by atoms with Crippen LogP contribution in [0, 0.1) is 12.3 Å². The number of hydrogen-bond donors (Lipinski definition) is 1. The van der Waals surface area contributed by atoms with Gasteiger partial charge in [0, 0.05) is 12.4 Å². The van der Waals surface area contributed by atoms with Crippen LogP contribution in [0.3, 0.4) is 0 Å². The summed E-state index contributed by atoms with van der Waals surface area (Å²) < 4.78 is 0. The van der Waals surface area contributed by atoms with E-state index < -0.39 is 11.4 Å². The summed E-state index contributed by atoms with van der Waals surface area (Å²) in [6.07, 6.45) is 0.892. The van der Waals surface area contributed by atoms with E-state index in [1.165, 1.54) is 16.2 Å². The van der Waals surface area contributed by atoms with Crippen LogP contribution in [0.4, 0.5) is 0 Å². The summed E-state index contributed by atoms with van der Waals surface area (Å²) in [5.74, 6) is -1.32. The number of rotatable bonds is 4. The van der Waals surface area contributed by atoms with E-state index >= 15 is 0 Å². The number of carbonyl (C=O) groups is 2. The van der Waals surface area contributed by atoms with E-state index in [9.17, 15) is 9.59 Å². The van der Waals surface area contributed by atoms with Gasteiger partial charge in [-0.15, -0.1) is 11.3 Å². The second kappa shape index (κ2) is 4.10. The number of carbonyl (C=O) groups excluding carboxylic acids is 1. The Bertz CT molecular complexity index is 465. The van der Waals surface area contributed by atoms with Crippen molar-refractivity contribution in [3.8, 4) is 0 Å². The van der Waals surface area contributed by atoms with E-state index in [2.05, 4.69) is 4.98 Å². The highest BCUT2D eigenvalue weighted by atomic mass is 32.1. The zero-order chi connectivity index (χ0) is 12.6. The summed E-state index contributed by atoms with van der Waals surface area (Å²) in [6, 6.07) is 0. The lowest BCUT2D eigenvalue weighted by atomic mass is 10.1. The lowest BCUT2D eigenvalue weighted by Crippen LogP contribution is -2.38. The maximum Gasteiger partial charge on any atom is 0.319 e. The van der Waals surface area contributed by atoms with Crippen LogP contribution >= 0.6 is 11.3 Å². The molecule has 6 heteroatoms. The number of hydrogen-bond acceptors (Lipinski definition) is 4. The first kappa shape index (κ1) is 12.0. The number of aliphatic carboxylic acids is 1. The van der Waals surface area contributed by atoms with Crippen molar-refractivity contribution < 1.29 is 14.7 Å². The first-order chi connectivity index (χ1) is 7.95. The molecule has 1 aromatic heterocycles. The Morgan fingerprint density at radius 1 is 1.59 bits per heavy atom. The predicted molar refractivity (Wildman–Crippen MR) is 62.6 cm³/mol. The van der Waals surface area contributed by atoms with Gasteiger partial charge in [-0.05, 0) is 19.8 Å². The minimum absolute atomic E-state index is 0.310. The van der Waals surface area contributed by atoms with E-state index in [4.69, 9.17) is 5.11 Å². The largest absolute Gasteiger partial charge is 0.480 e. The quantitative estimate of drug-likeness (QED) is 0.821. The Kier molecular flexibility index (Phi) is 2.91. The lowest BCUT2D eigenvalue weighted by Gasteiger charge is -2.19. The molecule has 0 spiro atoms. The second-order valence-electron chi connectivity index (χ2n) is 4.41. The molecule has 2 rings (SSSR count). The molecule has 0 atom stereocenters. The molecule has 0 radical (unpaired) electrons. The second-order valence-corrected chi connectivity index (χ2v) is 5.47. The maximum absolute atomic E-state index is 12.0. The smallest absolute Gasteiger partial charge is 0.319 e. The van der Waals surface area contributed by atoms with Gasteiger partial charge < -0.3 is 10.0 Å². The molecule has 0 saturated heterocycles. The van der Waals surface area contributed by atoms with Crippen molar-refractivity contribution in [2.24, 2.45) is 5.41 Å². The average molecular weight is 254 g/mol. The van der Waals surface area contributed by atoms with Crippen LogP contribution in [-0.2, 0) is 16.1 Å². The van der Waals surface area contributed by atoms with Crippen LogP contribution < -0.4 is 0 Å². The molecular formula is C11H14N2O3S. The number of amides is 1. The fourth-order valence-electron chi connectivity index (χ4n) is 1.81. The van der Waals surface area contributed by atoms with Gasteiger partial charge in [-0.1, -0.05) is 0 Å². The van der Waals surface area contributed by atoms with Crippen LogP contribution in [0.1, 0.15) is 23.5 Å². The van der Waals surface area contributed by atoms with Gasteiger partial charge in [-0.2, -0.15) is 0 Å². The number of thiazole rings is 1. The normalized spacial score (nSPS) is 16.6. The molecule has 1 aliphatic carbocycles. The zero-order valence-corrected chi connectivity index (χ0v) is 10.6. The third-order valence-electron chi connectivity index (χ3n) is 2.98. The maximum atomic E-state index is 12.0. The van der Waals surface area contributed by atoms with Crippen molar-refractivity contribution in [2.75, 3.05) is 7.05 Å². The standard InChI is InChI=1S/C11H14N2O3S/c1-7-12-8(6-17-7)5-13(2)9(14)11(3-4-11)10(15)16/h6H,3-5H2,1-2H3,(H,15,16). The van der Waals surface area contributed by atoms with Gasteiger partial charge in [0.25, 0.3) is 0 Å². The molecule has 1 saturated carbocycles. The first-order valence-corrected chi connectivity index (χ1v) is 6.23. The molecular weight excluding hydrogens is 240 g/mol. The fourth-order valence-corrected chi connectivity index (χ4v) is 2.41. The molecule has 1 aromatic rings. The van der Waals surface area contributed by atoms with Crippen LogP contribution in [0.5, 0.6) is 0 Å². The molecule has 92 valence electrons. The Labute approximate surface area is 103 Å². The molecule has 5 nitrogen and oxygen atoms in total. The number of nitrogens with zero attached hydrogens (tertiary/aromatic N) is 2. The van der Waals surface area contributed by atoms with Gasteiger partial charge in [0.2, 0.25) is 5.91 Å². The predicted octanol–water partition coefficient (Wildman–Crippen LogP) is 1.27. The third kappa shape index (κ3) is 2.17. The summed E-state index contributed by atoms with van der Waals surface area (Å²) in [5, 5.41) is 11.9. The van der Waals surface area contributed by atoms with Gasteiger partial charge in [0.15, 0.2) is 0 Å². The van der Waals surface area contributed by atoms with Crippen molar-refractivity contribution in [1.82, 2.24) is 9.88 Å². The van der Waals surface area contributed by atoms with Crippen LogP contribution in [0.2, 0.25) is 0 Å². The van der Waals surface area contributed by atoms with Crippen molar-refractivity contribution >= 4 is 23.2 Å². The van der Waals surface area contributed by atoms with Crippen molar-refractivity contribution in [1.29, 1.82) is 0 Å². The van der Waals surface area contributed by atoms with Crippen LogP contribution in [0.25, 0.3) is 0 Å². The Hall–Kier alpha value is -1.43. The molecule has 1 heterocycles. The minimum Gasteiger partial charge on any atom is -0.480 e. The topological polar surface area (TPSA) is 70.5 Å². The van der Waals surface area contributed by atoms with E-state index in [0.29, 0.717) is 19.4 Å². The SMILES string of the molecule is Cc1nc(CN(C)C(=O)C2(C(=O)O)CC2)cs1. The third-order valence-corrected chi connectivity index (χ3v) is 3.80. The lowest BCUT2D eigenvalue weighted by molar-refractivity contribution is -0.153. The highest BCUT2D eigenvalue weighted by Crippen LogP contribution is 2.47. The number of carboxylic acids is 1. The van der Waals surface area contributed by atoms with Gasteiger partial charge in [-0.25, -0.2) is 4.98 Å². The fraction of sp³-hybridized carbons (Fsp3) is 0.545. The van der Waals surface area contributed by atoms with Crippen molar-refractivity contribution in [2.45, 2.75) is 26.3 Å². The molecule has 0 bridgehead atoms. The van der Waals surface area contributed by atoms with E-state index in [0.717, 1.165) is 10.7 Å². The Morgan fingerprint density at radius 2 is 2.24 bits per heavy atom. The number of aryl methyl sites for hydroxylation is 1. The minimum atomic E-state index is -1.15. The Morgan fingerprint density at radius 3 is 2.65 bits per heavy atom. The van der Waals surface area contributed by atoms with Gasteiger partial charge in [0.1, 0.15) is 5.41 Å². The molecule has 0 aromatic carbocycles. The molecule has 0 unspecified atom stereocenters. The van der Waals surface area contributed by atoms with Crippen LogP contribution in [0.15, 0.2) is 5.38 Å². The molecule has 1 fully saturated rings. The van der Waals surface area contributed by atoms with Crippen molar-refractivity contribution in [3.63, 3.8) is 0 Å². The monoisotopic (exact) mass is 254 g/mol. The molecule has 17 heavy (non-hydrogen) atoms. The zero-order valence-electron chi connectivity index (χ0n) is 9.77. The first-order valence-electron chi connectivity index (χ1n) is 5.36. The van der Waals surface area contributed by atoms with Crippen molar-refractivity contribution in [3.05, 3.63) is 16.1 Å². The van der Waals surface area contributed by atoms with E-state index in [1.54, 1.807) is 7.05 Å². The van der Waals surface area contributed by atoms with Crippen LogP contribution in [-0.4, -0.2) is 33.9 Å². The molecule has 1 amide bonds. The summed E-state index contributed by atoms with van der Waals surface area (Å²) >= 11 is 1.52.